The van der Waals surface area contributed by atoms with Crippen molar-refractivity contribution >= 4 is 40.6 Å². The summed E-state index contributed by atoms with van der Waals surface area (Å²) >= 11 is 6.10. The first kappa shape index (κ1) is 24.2. The van der Waals surface area contributed by atoms with E-state index in [9.17, 15) is 9.90 Å². The maximum atomic E-state index is 11.5. The van der Waals surface area contributed by atoms with Gasteiger partial charge in [-0.05, 0) is 53.6 Å². The average molecular weight is 486 g/mol. The number of rotatable bonds is 10. The van der Waals surface area contributed by atoms with Crippen LogP contribution in [0.1, 0.15) is 33.3 Å². The molecule has 35 heavy (non-hydrogen) atoms. The van der Waals surface area contributed by atoms with Gasteiger partial charge in [0.15, 0.2) is 0 Å². The molecule has 0 fully saturated rings. The third-order valence-electron chi connectivity index (χ3n) is 5.33. The number of aromatic carboxylic acids is 1. The van der Waals surface area contributed by atoms with Gasteiger partial charge in [-0.3, -0.25) is 0 Å². The van der Waals surface area contributed by atoms with Crippen LogP contribution in [0.2, 0.25) is 5.02 Å². The summed E-state index contributed by atoms with van der Waals surface area (Å²) in [6, 6.07) is 24.1. The minimum Gasteiger partial charge on any atom is -0.490 e. The van der Waals surface area contributed by atoms with Crippen molar-refractivity contribution in [2.45, 2.75) is 6.10 Å². The van der Waals surface area contributed by atoms with Crippen LogP contribution in [0.15, 0.2) is 91.5 Å². The molecule has 1 atom stereocenters. The molecule has 0 spiro atoms. The lowest BCUT2D eigenvalue weighted by molar-refractivity contribution is 0.0348. The molecule has 0 radical (unpaired) electrons. The molecule has 0 aliphatic carbocycles. The number of halogens is 1. The maximum Gasteiger partial charge on any atom is 0.339 e. The molecule has 5 nitrogen and oxygen atoms in total. The van der Waals surface area contributed by atoms with E-state index in [1.54, 1.807) is 24.3 Å². The Balaban J connectivity index is 1.53. The van der Waals surface area contributed by atoms with Crippen molar-refractivity contribution in [3.8, 4) is 5.75 Å². The SMILES string of the molecule is C=CCOC(COc1ccccc1C(=O)O)c1cccc(/C=C/c2ccc3ccc(Cl)cc3n2)c1. The van der Waals surface area contributed by atoms with E-state index in [-0.39, 0.29) is 12.2 Å². The molecule has 3 aromatic carbocycles. The average Bonchev–Trinajstić information content (AvgIpc) is 2.87. The Hall–Kier alpha value is -3.93. The number of benzene rings is 3. The predicted octanol–water partition coefficient (Wildman–Crippen LogP) is 7.08. The molecule has 0 bridgehead atoms. The zero-order valence-corrected chi connectivity index (χ0v) is 19.7. The Labute approximate surface area is 208 Å². The molecule has 1 aromatic heterocycles. The van der Waals surface area contributed by atoms with Gasteiger partial charge >= 0.3 is 5.97 Å². The summed E-state index contributed by atoms with van der Waals surface area (Å²) in [5.41, 5.74) is 3.63. The Morgan fingerprint density at radius 3 is 2.69 bits per heavy atom. The second kappa shape index (κ2) is 11.5. The minimum atomic E-state index is -1.04. The number of nitrogens with zero attached hydrogens (tertiary/aromatic N) is 1. The van der Waals surface area contributed by atoms with Gasteiger partial charge in [-0.15, -0.1) is 6.58 Å². The van der Waals surface area contributed by atoms with E-state index < -0.39 is 12.1 Å². The van der Waals surface area contributed by atoms with Crippen molar-refractivity contribution in [3.05, 3.63) is 119 Å². The molecule has 176 valence electrons. The first-order valence-corrected chi connectivity index (χ1v) is 11.4. The van der Waals surface area contributed by atoms with Gasteiger partial charge in [0.2, 0.25) is 0 Å². The van der Waals surface area contributed by atoms with Crippen LogP contribution in [0.25, 0.3) is 23.1 Å². The summed E-state index contributed by atoms with van der Waals surface area (Å²) in [5.74, 6) is -0.744. The van der Waals surface area contributed by atoms with Crippen LogP contribution in [-0.2, 0) is 4.74 Å². The highest BCUT2D eigenvalue weighted by atomic mass is 35.5. The minimum absolute atomic E-state index is 0.107. The molecule has 0 aliphatic rings. The summed E-state index contributed by atoms with van der Waals surface area (Å²) in [4.78, 5) is 16.1. The van der Waals surface area contributed by atoms with Crippen molar-refractivity contribution in [1.29, 1.82) is 0 Å². The first-order valence-electron chi connectivity index (χ1n) is 11.1. The molecule has 0 aliphatic heterocycles. The van der Waals surface area contributed by atoms with E-state index >= 15 is 0 Å². The fourth-order valence-corrected chi connectivity index (χ4v) is 3.77. The van der Waals surface area contributed by atoms with Crippen LogP contribution < -0.4 is 4.74 Å². The zero-order valence-electron chi connectivity index (χ0n) is 18.9. The lowest BCUT2D eigenvalue weighted by Gasteiger charge is -2.19. The number of fused-ring (bicyclic) bond motifs is 1. The van der Waals surface area contributed by atoms with Crippen LogP contribution in [0, 0.1) is 0 Å². The van der Waals surface area contributed by atoms with E-state index in [0.29, 0.717) is 17.4 Å². The highest BCUT2D eigenvalue weighted by Gasteiger charge is 2.16. The Morgan fingerprint density at radius 2 is 1.86 bits per heavy atom. The van der Waals surface area contributed by atoms with E-state index in [0.717, 1.165) is 27.7 Å². The molecule has 4 aromatic rings. The van der Waals surface area contributed by atoms with Crippen molar-refractivity contribution in [2.24, 2.45) is 0 Å². The summed E-state index contributed by atoms with van der Waals surface area (Å²) in [7, 11) is 0. The summed E-state index contributed by atoms with van der Waals surface area (Å²) < 4.78 is 11.8. The lowest BCUT2D eigenvalue weighted by Crippen LogP contribution is -2.15. The molecule has 4 rings (SSSR count). The van der Waals surface area contributed by atoms with Gasteiger partial charge in [0, 0.05) is 10.4 Å². The van der Waals surface area contributed by atoms with Crippen LogP contribution in [0.4, 0.5) is 0 Å². The molecule has 1 heterocycles. The van der Waals surface area contributed by atoms with Gasteiger partial charge in [0.05, 0.1) is 17.8 Å². The van der Waals surface area contributed by atoms with E-state index in [1.807, 2.05) is 66.7 Å². The van der Waals surface area contributed by atoms with Crippen molar-refractivity contribution in [3.63, 3.8) is 0 Å². The Morgan fingerprint density at radius 1 is 1.03 bits per heavy atom. The Kier molecular flexibility index (Phi) is 7.93. The van der Waals surface area contributed by atoms with E-state index in [1.165, 1.54) is 6.07 Å². The number of ether oxygens (including phenoxy) is 2. The van der Waals surface area contributed by atoms with E-state index in [2.05, 4.69) is 11.6 Å². The van der Waals surface area contributed by atoms with Gasteiger partial charge in [-0.25, -0.2) is 9.78 Å². The fraction of sp³-hybridized carbons (Fsp3) is 0.103. The molecule has 0 saturated heterocycles. The number of carboxylic acids is 1. The number of aromatic nitrogens is 1. The smallest absolute Gasteiger partial charge is 0.339 e. The zero-order chi connectivity index (χ0) is 24.6. The van der Waals surface area contributed by atoms with Gasteiger partial charge in [0.1, 0.15) is 24.0 Å². The highest BCUT2D eigenvalue weighted by molar-refractivity contribution is 6.31. The normalized spacial score (nSPS) is 12.0. The molecule has 6 heteroatoms. The van der Waals surface area contributed by atoms with Gasteiger partial charge in [0.25, 0.3) is 0 Å². The van der Waals surface area contributed by atoms with Crippen molar-refractivity contribution in [2.75, 3.05) is 13.2 Å². The van der Waals surface area contributed by atoms with Gasteiger partial charge in [-0.1, -0.05) is 66.2 Å². The maximum absolute atomic E-state index is 11.5. The first-order chi connectivity index (χ1) is 17.0. The fourth-order valence-electron chi connectivity index (χ4n) is 3.60. The van der Waals surface area contributed by atoms with Gasteiger partial charge in [-0.2, -0.15) is 0 Å². The molecular formula is C29H24ClNO4. The number of carbonyl (C=O) groups is 1. The number of hydrogen-bond acceptors (Lipinski definition) is 4. The largest absolute Gasteiger partial charge is 0.490 e. The monoisotopic (exact) mass is 485 g/mol. The van der Waals surface area contributed by atoms with Crippen molar-refractivity contribution < 1.29 is 19.4 Å². The standard InChI is InChI=1S/C29H24ClNO4/c1-2-16-34-28(19-35-27-9-4-3-8-25(27)29(32)33)22-7-5-6-20(17-22)10-14-24-15-12-21-11-13-23(30)18-26(21)31-24/h2-15,17-18,28H,1,16,19H2,(H,32,33)/b14-10+. The number of pyridine rings is 1. The lowest BCUT2D eigenvalue weighted by atomic mass is 10.1. The topological polar surface area (TPSA) is 68.7 Å². The number of carboxylic acid groups (broad SMARTS) is 1. The molecule has 1 unspecified atom stereocenters. The molecule has 0 saturated carbocycles. The van der Waals surface area contributed by atoms with Crippen LogP contribution in [-0.4, -0.2) is 29.3 Å². The van der Waals surface area contributed by atoms with Gasteiger partial charge < -0.3 is 14.6 Å². The molecule has 0 amide bonds. The third kappa shape index (κ3) is 6.35. The molecular weight excluding hydrogens is 462 g/mol. The highest BCUT2D eigenvalue weighted by Crippen LogP contribution is 2.24. The number of hydrogen-bond donors (Lipinski definition) is 1. The second-order valence-electron chi connectivity index (χ2n) is 7.80. The Bertz CT molecular complexity index is 1380. The summed E-state index contributed by atoms with van der Waals surface area (Å²) in [5, 5.41) is 11.1. The third-order valence-corrected chi connectivity index (χ3v) is 5.56. The van der Waals surface area contributed by atoms with Crippen molar-refractivity contribution in [1.82, 2.24) is 4.98 Å². The molecule has 1 N–H and O–H groups in total. The summed E-state index contributed by atoms with van der Waals surface area (Å²) in [6.07, 6.45) is 5.18. The van der Waals surface area contributed by atoms with Crippen LogP contribution in [0.5, 0.6) is 5.75 Å². The van der Waals surface area contributed by atoms with E-state index in [4.69, 9.17) is 21.1 Å². The quantitative estimate of drug-likeness (QED) is 0.243. The summed E-state index contributed by atoms with van der Waals surface area (Å²) in [6.45, 7) is 4.20. The van der Waals surface area contributed by atoms with Crippen LogP contribution >= 0.6 is 11.6 Å². The number of para-hydroxylation sites is 1. The predicted molar refractivity (Wildman–Crippen MR) is 140 cm³/mol. The second-order valence-corrected chi connectivity index (χ2v) is 8.24. The van der Waals surface area contributed by atoms with Crippen LogP contribution in [0.3, 0.4) is 0 Å².